The Bertz CT molecular complexity index is 692. The van der Waals surface area contributed by atoms with Gasteiger partial charge in [0.1, 0.15) is 17.0 Å². The van der Waals surface area contributed by atoms with Gasteiger partial charge in [-0.1, -0.05) is 11.6 Å². The molecule has 18 heavy (non-hydrogen) atoms. The Balaban J connectivity index is 2.02. The van der Waals surface area contributed by atoms with E-state index in [0.29, 0.717) is 10.9 Å². The molecular weight excluding hydrogens is 270 g/mol. The molecule has 0 aliphatic heterocycles. The molecule has 3 aromatic heterocycles. The summed E-state index contributed by atoms with van der Waals surface area (Å²) >= 11 is 7.59. The maximum atomic E-state index is 6.09. The van der Waals surface area contributed by atoms with Crippen LogP contribution in [0.5, 0.6) is 0 Å². The van der Waals surface area contributed by atoms with Crippen molar-refractivity contribution in [2.75, 3.05) is 0 Å². The van der Waals surface area contributed by atoms with E-state index in [2.05, 4.69) is 15.0 Å². The molecule has 4 nitrogen and oxygen atoms in total. The normalized spacial score (nSPS) is 10.8. The van der Waals surface area contributed by atoms with E-state index in [9.17, 15) is 0 Å². The van der Waals surface area contributed by atoms with Gasteiger partial charge < -0.3 is 4.42 Å². The van der Waals surface area contributed by atoms with Crippen LogP contribution in [-0.2, 0) is 0 Å². The Morgan fingerprint density at radius 3 is 2.89 bits per heavy atom. The molecule has 0 radical (unpaired) electrons. The highest BCUT2D eigenvalue weighted by atomic mass is 35.5. The van der Waals surface area contributed by atoms with Crippen LogP contribution in [0.2, 0.25) is 5.02 Å². The summed E-state index contributed by atoms with van der Waals surface area (Å²) in [6, 6.07) is 1.84. The lowest BCUT2D eigenvalue weighted by atomic mass is 10.2. The van der Waals surface area contributed by atoms with Crippen molar-refractivity contribution in [1.82, 2.24) is 15.0 Å². The van der Waals surface area contributed by atoms with Crippen molar-refractivity contribution >= 4 is 22.9 Å². The molecule has 0 aliphatic rings. The van der Waals surface area contributed by atoms with Gasteiger partial charge in [0.25, 0.3) is 0 Å². The molecule has 0 spiro atoms. The number of pyridine rings is 1. The van der Waals surface area contributed by atoms with Crippen LogP contribution in [0.25, 0.3) is 22.0 Å². The van der Waals surface area contributed by atoms with Crippen molar-refractivity contribution in [3.05, 3.63) is 41.0 Å². The van der Waals surface area contributed by atoms with Gasteiger partial charge >= 0.3 is 0 Å². The Morgan fingerprint density at radius 2 is 2.17 bits per heavy atom. The molecule has 0 aromatic carbocycles. The molecule has 3 heterocycles. The number of nitrogens with zero attached hydrogens (tertiary/aromatic N) is 3. The number of hydrogen-bond donors (Lipinski definition) is 0. The monoisotopic (exact) mass is 277 g/mol. The highest BCUT2D eigenvalue weighted by Gasteiger charge is 2.11. The second kappa shape index (κ2) is 4.51. The Morgan fingerprint density at radius 1 is 1.28 bits per heavy atom. The summed E-state index contributed by atoms with van der Waals surface area (Å²) in [6.45, 7) is 1.80. The van der Waals surface area contributed by atoms with Gasteiger partial charge in [0, 0.05) is 30.3 Å². The fourth-order valence-corrected chi connectivity index (χ4v) is 2.54. The molecule has 0 fully saturated rings. The first-order valence-electron chi connectivity index (χ1n) is 5.22. The van der Waals surface area contributed by atoms with E-state index in [1.165, 1.54) is 11.3 Å². The molecule has 0 unspecified atom stereocenters. The van der Waals surface area contributed by atoms with Gasteiger partial charge in [0.05, 0.1) is 10.7 Å². The fourth-order valence-electron chi connectivity index (χ4n) is 1.56. The molecule has 0 atom stereocenters. The first-order valence-corrected chi connectivity index (χ1v) is 6.48. The standard InChI is InChI=1S/C12H8ClN3OS/c1-7-15-10(5-17-7)12-16-11(6-18-12)8-2-3-14-4-9(8)13/h2-6H,1H3. The summed E-state index contributed by atoms with van der Waals surface area (Å²) in [7, 11) is 0. The average molecular weight is 278 g/mol. The van der Waals surface area contributed by atoms with Crippen LogP contribution in [0, 0.1) is 6.92 Å². The maximum absolute atomic E-state index is 6.09. The zero-order valence-corrected chi connectivity index (χ0v) is 11.0. The SMILES string of the molecule is Cc1nc(-c2nc(-c3ccncc3Cl)cs2)co1. The van der Waals surface area contributed by atoms with Gasteiger partial charge in [0.2, 0.25) is 0 Å². The van der Waals surface area contributed by atoms with Crippen LogP contribution in [0.3, 0.4) is 0 Å². The molecular formula is C12H8ClN3OS. The third-order valence-electron chi connectivity index (χ3n) is 2.39. The van der Waals surface area contributed by atoms with Crippen molar-refractivity contribution in [2.45, 2.75) is 6.92 Å². The van der Waals surface area contributed by atoms with Crippen LogP contribution in [0.1, 0.15) is 5.89 Å². The van der Waals surface area contributed by atoms with E-state index in [4.69, 9.17) is 16.0 Å². The minimum Gasteiger partial charge on any atom is -0.449 e. The lowest BCUT2D eigenvalue weighted by molar-refractivity contribution is 0.521. The molecule has 0 saturated carbocycles. The largest absolute Gasteiger partial charge is 0.449 e. The lowest BCUT2D eigenvalue weighted by Gasteiger charge is -1.97. The molecule has 0 N–H and O–H groups in total. The number of rotatable bonds is 2. The Kier molecular flexibility index (Phi) is 2.85. The highest BCUT2D eigenvalue weighted by Crippen LogP contribution is 2.31. The van der Waals surface area contributed by atoms with Gasteiger partial charge in [-0.05, 0) is 6.07 Å². The molecule has 0 bridgehead atoms. The topological polar surface area (TPSA) is 51.8 Å². The smallest absolute Gasteiger partial charge is 0.191 e. The van der Waals surface area contributed by atoms with Crippen molar-refractivity contribution in [2.24, 2.45) is 0 Å². The zero-order chi connectivity index (χ0) is 12.5. The van der Waals surface area contributed by atoms with E-state index >= 15 is 0 Å². The summed E-state index contributed by atoms with van der Waals surface area (Å²) in [6.07, 6.45) is 4.91. The van der Waals surface area contributed by atoms with Crippen LogP contribution < -0.4 is 0 Å². The van der Waals surface area contributed by atoms with E-state index in [-0.39, 0.29) is 0 Å². The second-order valence-electron chi connectivity index (χ2n) is 3.65. The molecule has 0 saturated heterocycles. The van der Waals surface area contributed by atoms with E-state index in [0.717, 1.165) is 22.0 Å². The van der Waals surface area contributed by atoms with Crippen molar-refractivity contribution < 1.29 is 4.42 Å². The third kappa shape index (κ3) is 2.02. The summed E-state index contributed by atoms with van der Waals surface area (Å²) in [5.74, 6) is 0.628. The predicted molar refractivity (Wildman–Crippen MR) is 70.6 cm³/mol. The Hall–Kier alpha value is -1.72. The first-order chi connectivity index (χ1) is 8.74. The number of thiazole rings is 1. The number of aryl methyl sites for hydroxylation is 1. The molecule has 0 aliphatic carbocycles. The summed E-state index contributed by atoms with van der Waals surface area (Å²) < 4.78 is 5.18. The van der Waals surface area contributed by atoms with Gasteiger partial charge in [0.15, 0.2) is 5.89 Å². The molecule has 90 valence electrons. The van der Waals surface area contributed by atoms with Crippen molar-refractivity contribution in [1.29, 1.82) is 0 Å². The van der Waals surface area contributed by atoms with E-state index in [1.54, 1.807) is 25.6 Å². The van der Waals surface area contributed by atoms with Crippen LogP contribution in [-0.4, -0.2) is 15.0 Å². The molecule has 6 heteroatoms. The third-order valence-corrected chi connectivity index (χ3v) is 3.56. The van der Waals surface area contributed by atoms with Gasteiger partial charge in [-0.15, -0.1) is 11.3 Å². The van der Waals surface area contributed by atoms with Gasteiger partial charge in [-0.3, -0.25) is 4.98 Å². The molecule has 0 amide bonds. The van der Waals surface area contributed by atoms with Crippen LogP contribution >= 0.6 is 22.9 Å². The number of hydrogen-bond acceptors (Lipinski definition) is 5. The van der Waals surface area contributed by atoms with E-state index in [1.807, 2.05) is 11.4 Å². The lowest BCUT2D eigenvalue weighted by Crippen LogP contribution is -1.82. The maximum Gasteiger partial charge on any atom is 0.191 e. The summed E-state index contributed by atoms with van der Waals surface area (Å²) in [5.41, 5.74) is 2.44. The predicted octanol–water partition coefficient (Wildman–Crippen LogP) is 3.82. The molecule has 3 rings (SSSR count). The minimum atomic E-state index is 0.589. The van der Waals surface area contributed by atoms with Crippen LogP contribution in [0.4, 0.5) is 0 Å². The van der Waals surface area contributed by atoms with Crippen LogP contribution in [0.15, 0.2) is 34.5 Å². The number of halogens is 1. The summed E-state index contributed by atoms with van der Waals surface area (Å²) in [4.78, 5) is 12.7. The number of oxazole rings is 1. The van der Waals surface area contributed by atoms with Crippen molar-refractivity contribution in [3.8, 4) is 22.0 Å². The van der Waals surface area contributed by atoms with Crippen molar-refractivity contribution in [3.63, 3.8) is 0 Å². The minimum absolute atomic E-state index is 0.589. The zero-order valence-electron chi connectivity index (χ0n) is 9.42. The van der Waals surface area contributed by atoms with Gasteiger partial charge in [-0.2, -0.15) is 0 Å². The quantitative estimate of drug-likeness (QED) is 0.714. The van der Waals surface area contributed by atoms with Gasteiger partial charge in [-0.25, -0.2) is 9.97 Å². The second-order valence-corrected chi connectivity index (χ2v) is 4.91. The average Bonchev–Trinajstić information content (AvgIpc) is 2.98. The number of aromatic nitrogens is 3. The fraction of sp³-hybridized carbons (Fsp3) is 0.0833. The highest BCUT2D eigenvalue weighted by molar-refractivity contribution is 7.13. The first kappa shape index (κ1) is 11.4. The molecule has 3 aromatic rings. The summed E-state index contributed by atoms with van der Waals surface area (Å²) in [5, 5.41) is 3.35. The van der Waals surface area contributed by atoms with E-state index < -0.39 is 0 Å². The Labute approximate surface area is 112 Å².